The molecular weight excluding hydrogens is 400 g/mol. The van der Waals surface area contributed by atoms with Crippen molar-refractivity contribution in [2.45, 2.75) is 113 Å². The summed E-state index contributed by atoms with van der Waals surface area (Å²) in [5.41, 5.74) is 2.75. The molecule has 184 valence electrons. The van der Waals surface area contributed by atoms with E-state index in [2.05, 4.69) is 67.2 Å². The normalized spacial score (nSPS) is 52.3. The second-order valence-corrected chi connectivity index (χ2v) is 14.5. The molecule has 5 aliphatic rings. The maximum atomic E-state index is 13.6. The van der Waals surface area contributed by atoms with Gasteiger partial charge in [0.1, 0.15) is 5.78 Å². The number of hydrogen-bond donors (Lipinski definition) is 0. The van der Waals surface area contributed by atoms with Crippen LogP contribution in [0.5, 0.6) is 0 Å². The summed E-state index contributed by atoms with van der Waals surface area (Å²) < 4.78 is 0. The van der Waals surface area contributed by atoms with E-state index in [4.69, 9.17) is 0 Å². The predicted octanol–water partition coefficient (Wildman–Crippen LogP) is 8.79. The number of rotatable bonds is 3. The van der Waals surface area contributed by atoms with E-state index in [-0.39, 0.29) is 5.41 Å². The molecule has 1 heteroatoms. The molecule has 9 atom stereocenters. The number of carbonyl (C=O) groups is 1. The van der Waals surface area contributed by atoms with Gasteiger partial charge in [-0.25, -0.2) is 0 Å². The first kappa shape index (κ1) is 23.9. The van der Waals surface area contributed by atoms with Gasteiger partial charge >= 0.3 is 0 Å². The third-order valence-corrected chi connectivity index (χ3v) is 13.2. The van der Waals surface area contributed by atoms with Crippen molar-refractivity contribution in [1.29, 1.82) is 0 Å². The van der Waals surface area contributed by atoms with E-state index in [1.54, 1.807) is 0 Å². The molecule has 0 bridgehead atoms. The van der Waals surface area contributed by atoms with Crippen LogP contribution in [-0.4, -0.2) is 5.78 Å². The highest BCUT2D eigenvalue weighted by atomic mass is 16.1. The summed E-state index contributed by atoms with van der Waals surface area (Å²) in [6, 6.07) is 0. The topological polar surface area (TPSA) is 17.1 Å². The fourth-order valence-corrected chi connectivity index (χ4v) is 11.6. The monoisotopic (exact) mass is 450 g/mol. The summed E-state index contributed by atoms with van der Waals surface area (Å²) in [5.74, 6) is 3.93. The Kier molecular flexibility index (Phi) is 5.30. The zero-order valence-electron chi connectivity index (χ0n) is 22.7. The fourth-order valence-electron chi connectivity index (χ4n) is 11.6. The van der Waals surface area contributed by atoms with Crippen molar-refractivity contribution in [3.8, 4) is 0 Å². The summed E-state index contributed by atoms with van der Waals surface area (Å²) in [6.07, 6.45) is 17.2. The van der Waals surface area contributed by atoms with Crippen molar-refractivity contribution in [2.75, 3.05) is 0 Å². The summed E-state index contributed by atoms with van der Waals surface area (Å²) in [4.78, 5) is 13.6. The zero-order valence-corrected chi connectivity index (χ0v) is 22.7. The molecule has 0 spiro atoms. The first-order chi connectivity index (χ1) is 15.4. The Balaban J connectivity index is 1.58. The zero-order chi connectivity index (χ0) is 24.0. The quantitative estimate of drug-likeness (QED) is 0.393. The van der Waals surface area contributed by atoms with Gasteiger partial charge in [-0.05, 0) is 116 Å². The summed E-state index contributed by atoms with van der Waals surface area (Å²) in [5, 5.41) is 0. The van der Waals surface area contributed by atoms with E-state index < -0.39 is 0 Å². The molecule has 4 saturated carbocycles. The van der Waals surface area contributed by atoms with E-state index >= 15 is 0 Å². The van der Waals surface area contributed by atoms with Crippen molar-refractivity contribution in [3.63, 3.8) is 0 Å². The lowest BCUT2D eigenvalue weighted by molar-refractivity contribution is -0.225. The lowest BCUT2D eigenvalue weighted by Gasteiger charge is -2.72. The van der Waals surface area contributed by atoms with Gasteiger partial charge in [0.2, 0.25) is 0 Å². The Morgan fingerprint density at radius 1 is 0.909 bits per heavy atom. The Hall–Kier alpha value is -0.850. The Morgan fingerprint density at radius 3 is 2.30 bits per heavy atom. The maximum Gasteiger partial charge on any atom is 0.139 e. The molecule has 0 saturated heterocycles. The van der Waals surface area contributed by atoms with Gasteiger partial charge in [-0.3, -0.25) is 4.79 Å². The van der Waals surface area contributed by atoms with E-state index in [1.165, 1.54) is 50.5 Å². The first-order valence-corrected chi connectivity index (χ1v) is 14.2. The minimum Gasteiger partial charge on any atom is -0.299 e. The van der Waals surface area contributed by atoms with Crippen LogP contribution in [0.15, 0.2) is 24.3 Å². The van der Waals surface area contributed by atoms with Crippen LogP contribution in [0.4, 0.5) is 0 Å². The first-order valence-electron chi connectivity index (χ1n) is 14.2. The van der Waals surface area contributed by atoms with E-state index in [1.807, 2.05) is 0 Å². The van der Waals surface area contributed by atoms with Gasteiger partial charge in [-0.2, -0.15) is 0 Å². The average Bonchev–Trinajstić information content (AvgIpc) is 3.14. The Bertz CT molecular complexity index is 879. The van der Waals surface area contributed by atoms with Crippen molar-refractivity contribution in [2.24, 2.45) is 56.7 Å². The molecule has 0 aromatic heterocycles. The molecular formula is C32H50O. The van der Waals surface area contributed by atoms with E-state index in [0.29, 0.717) is 51.6 Å². The highest BCUT2D eigenvalue weighted by Crippen LogP contribution is 2.77. The van der Waals surface area contributed by atoms with Crippen LogP contribution >= 0.6 is 0 Å². The summed E-state index contributed by atoms with van der Waals surface area (Å²) in [6.45, 7) is 21.9. The standard InChI is InChI=1S/C32H50O/c1-9-26(33)32-18-13-22(21(2)3)27(32)23-11-12-25-29(6)16-10-15-28(4,5)24(29)14-17-31(25,8)30(23,7)19-20-32/h10,15,22-25,27H,2,9,11-14,16-20H2,1,3-8H3/t22-,23+,24-,25+,27+,29-,30+,31+,32+/m0/s1. The number of hydrogen-bond acceptors (Lipinski definition) is 1. The van der Waals surface area contributed by atoms with Crippen molar-refractivity contribution >= 4 is 5.78 Å². The fraction of sp³-hybridized carbons (Fsp3) is 0.844. The lowest BCUT2D eigenvalue weighted by Crippen LogP contribution is -2.65. The number of Topliss-reactive ketones (excluding diaryl/α,β-unsaturated/α-hetero) is 1. The SMILES string of the molecule is C=C(C)[C@@H]1CC[C@]2(C(=O)CC)CC[C@]3(C)[C@H](CC[C@@H]4[C@@]5(C)CC=CC(C)(C)[C@@H]5CC[C@]43C)[C@@H]12. The van der Waals surface area contributed by atoms with Crippen LogP contribution in [0, 0.1) is 56.7 Å². The van der Waals surface area contributed by atoms with Crippen LogP contribution in [-0.2, 0) is 4.79 Å². The molecule has 5 rings (SSSR count). The molecule has 4 fully saturated rings. The smallest absolute Gasteiger partial charge is 0.139 e. The number of allylic oxidation sites excluding steroid dienone is 3. The van der Waals surface area contributed by atoms with Gasteiger partial charge < -0.3 is 0 Å². The molecule has 0 radical (unpaired) electrons. The molecule has 33 heavy (non-hydrogen) atoms. The second-order valence-electron chi connectivity index (χ2n) is 14.5. The second kappa shape index (κ2) is 7.33. The highest BCUT2D eigenvalue weighted by molar-refractivity contribution is 5.85. The van der Waals surface area contributed by atoms with Gasteiger partial charge in [-0.15, -0.1) is 0 Å². The molecule has 0 heterocycles. The Morgan fingerprint density at radius 2 is 1.64 bits per heavy atom. The molecule has 0 unspecified atom stereocenters. The number of ketones is 1. The van der Waals surface area contributed by atoms with Crippen LogP contribution in [0.25, 0.3) is 0 Å². The van der Waals surface area contributed by atoms with Crippen LogP contribution in [0.3, 0.4) is 0 Å². The minimum atomic E-state index is -0.0532. The van der Waals surface area contributed by atoms with Gasteiger partial charge in [0.25, 0.3) is 0 Å². The molecule has 0 aromatic carbocycles. The number of fused-ring (bicyclic) bond motifs is 7. The van der Waals surface area contributed by atoms with Crippen molar-refractivity contribution < 1.29 is 4.79 Å². The van der Waals surface area contributed by atoms with Gasteiger partial charge in [0, 0.05) is 11.8 Å². The van der Waals surface area contributed by atoms with Gasteiger partial charge in [0.05, 0.1) is 0 Å². The molecule has 0 N–H and O–H groups in total. The third-order valence-electron chi connectivity index (χ3n) is 13.2. The largest absolute Gasteiger partial charge is 0.299 e. The molecule has 5 aliphatic carbocycles. The Labute approximate surface area is 204 Å². The average molecular weight is 451 g/mol. The van der Waals surface area contributed by atoms with Crippen molar-refractivity contribution in [1.82, 2.24) is 0 Å². The van der Waals surface area contributed by atoms with Gasteiger partial charge in [-0.1, -0.05) is 65.8 Å². The molecule has 0 amide bonds. The van der Waals surface area contributed by atoms with Crippen LogP contribution in [0.2, 0.25) is 0 Å². The highest BCUT2D eigenvalue weighted by Gasteiger charge is 2.70. The molecule has 0 aliphatic heterocycles. The predicted molar refractivity (Wildman–Crippen MR) is 139 cm³/mol. The minimum absolute atomic E-state index is 0.0532. The van der Waals surface area contributed by atoms with E-state index in [9.17, 15) is 4.79 Å². The molecule has 1 nitrogen and oxygen atoms in total. The maximum absolute atomic E-state index is 13.6. The van der Waals surface area contributed by atoms with E-state index in [0.717, 1.165) is 24.7 Å². The van der Waals surface area contributed by atoms with Crippen LogP contribution in [0.1, 0.15) is 113 Å². The van der Waals surface area contributed by atoms with Gasteiger partial charge in [0.15, 0.2) is 0 Å². The molecule has 0 aromatic rings. The lowest BCUT2D eigenvalue weighted by atomic mass is 9.32. The summed E-state index contributed by atoms with van der Waals surface area (Å²) in [7, 11) is 0. The third kappa shape index (κ3) is 2.86. The van der Waals surface area contributed by atoms with Crippen molar-refractivity contribution in [3.05, 3.63) is 24.3 Å². The number of carbonyl (C=O) groups excluding carboxylic acids is 1. The summed E-state index contributed by atoms with van der Waals surface area (Å²) >= 11 is 0. The van der Waals surface area contributed by atoms with Crippen LogP contribution < -0.4 is 0 Å².